The minimum Gasteiger partial charge on any atom is -0.340 e. The van der Waals surface area contributed by atoms with Gasteiger partial charge in [-0.3, -0.25) is 19.3 Å². The third-order valence-corrected chi connectivity index (χ3v) is 5.08. The molecular formula is C19H24N2O3. The minimum absolute atomic E-state index is 0.140. The summed E-state index contributed by atoms with van der Waals surface area (Å²) in [7, 11) is 0. The number of hydrogen-bond donors (Lipinski definition) is 0. The Labute approximate surface area is 142 Å². The monoisotopic (exact) mass is 328 g/mol. The molecule has 0 saturated heterocycles. The van der Waals surface area contributed by atoms with E-state index in [1.54, 1.807) is 24.3 Å². The van der Waals surface area contributed by atoms with Gasteiger partial charge in [0.25, 0.3) is 11.8 Å². The molecule has 2 aliphatic rings. The summed E-state index contributed by atoms with van der Waals surface area (Å²) in [6.07, 6.45) is 5.49. The van der Waals surface area contributed by atoms with Gasteiger partial charge in [-0.05, 0) is 38.3 Å². The highest BCUT2D eigenvalue weighted by Gasteiger charge is 2.34. The first kappa shape index (κ1) is 16.7. The lowest BCUT2D eigenvalue weighted by Gasteiger charge is -2.28. The zero-order valence-electron chi connectivity index (χ0n) is 14.2. The van der Waals surface area contributed by atoms with Gasteiger partial charge in [-0.2, -0.15) is 0 Å². The Morgan fingerprint density at radius 1 is 1.12 bits per heavy atom. The molecule has 128 valence electrons. The summed E-state index contributed by atoms with van der Waals surface area (Å²) in [5, 5.41) is 0. The van der Waals surface area contributed by atoms with Gasteiger partial charge in [0.2, 0.25) is 5.91 Å². The van der Waals surface area contributed by atoms with Crippen LogP contribution < -0.4 is 0 Å². The maximum absolute atomic E-state index is 12.5. The molecule has 1 heterocycles. The Hall–Kier alpha value is -2.17. The molecule has 0 unspecified atom stereocenters. The van der Waals surface area contributed by atoms with E-state index in [0.717, 1.165) is 19.4 Å². The van der Waals surface area contributed by atoms with Crippen LogP contribution in [-0.4, -0.2) is 46.7 Å². The number of carbonyl (C=O) groups excluding carboxylic acids is 3. The molecule has 0 aromatic heterocycles. The van der Waals surface area contributed by atoms with Gasteiger partial charge in [0.15, 0.2) is 0 Å². The predicted octanol–water partition coefficient (Wildman–Crippen LogP) is 2.85. The van der Waals surface area contributed by atoms with Crippen molar-refractivity contribution < 1.29 is 14.4 Å². The zero-order chi connectivity index (χ0) is 17.1. The average Bonchev–Trinajstić information content (AvgIpc) is 3.19. The topological polar surface area (TPSA) is 57.7 Å². The van der Waals surface area contributed by atoms with Crippen molar-refractivity contribution in [2.45, 2.75) is 51.5 Å². The fourth-order valence-electron chi connectivity index (χ4n) is 3.83. The number of amides is 3. The van der Waals surface area contributed by atoms with Crippen molar-refractivity contribution in [1.82, 2.24) is 9.80 Å². The van der Waals surface area contributed by atoms with Crippen LogP contribution in [0.5, 0.6) is 0 Å². The molecule has 1 saturated carbocycles. The third-order valence-electron chi connectivity index (χ3n) is 5.08. The van der Waals surface area contributed by atoms with E-state index in [2.05, 4.69) is 0 Å². The maximum atomic E-state index is 12.5. The first-order valence-corrected chi connectivity index (χ1v) is 8.88. The van der Waals surface area contributed by atoms with Crippen molar-refractivity contribution in [3.8, 4) is 0 Å². The van der Waals surface area contributed by atoms with Gasteiger partial charge in [0, 0.05) is 25.6 Å². The van der Waals surface area contributed by atoms with Gasteiger partial charge >= 0.3 is 0 Å². The fourth-order valence-corrected chi connectivity index (χ4v) is 3.83. The summed E-state index contributed by atoms with van der Waals surface area (Å²) in [6, 6.07) is 7.26. The van der Waals surface area contributed by atoms with E-state index >= 15 is 0 Å². The molecular weight excluding hydrogens is 304 g/mol. The van der Waals surface area contributed by atoms with Crippen LogP contribution in [0.15, 0.2) is 24.3 Å². The molecule has 1 aromatic rings. The average molecular weight is 328 g/mol. The predicted molar refractivity (Wildman–Crippen MR) is 90.7 cm³/mol. The molecule has 0 N–H and O–H groups in total. The number of nitrogens with zero attached hydrogens (tertiary/aromatic N) is 2. The summed E-state index contributed by atoms with van der Waals surface area (Å²) < 4.78 is 0. The standard InChI is InChI=1S/C19H24N2O3/c1-2-20(14-8-3-4-9-14)17(22)12-7-13-21-18(23)15-10-5-6-11-16(15)19(21)24/h5-6,10-11,14H,2-4,7-9,12-13H2,1H3. The molecule has 0 radical (unpaired) electrons. The Morgan fingerprint density at radius 3 is 2.25 bits per heavy atom. The molecule has 5 heteroatoms. The number of hydrogen-bond acceptors (Lipinski definition) is 3. The van der Waals surface area contributed by atoms with E-state index in [1.807, 2.05) is 11.8 Å². The van der Waals surface area contributed by atoms with Gasteiger partial charge in [0.1, 0.15) is 0 Å². The van der Waals surface area contributed by atoms with Crippen molar-refractivity contribution in [1.29, 1.82) is 0 Å². The molecule has 24 heavy (non-hydrogen) atoms. The lowest BCUT2D eigenvalue weighted by Crippen LogP contribution is -2.39. The first-order chi connectivity index (χ1) is 11.6. The second-order valence-corrected chi connectivity index (χ2v) is 6.53. The molecule has 0 spiro atoms. The van der Waals surface area contributed by atoms with Crippen molar-refractivity contribution >= 4 is 17.7 Å². The number of carbonyl (C=O) groups is 3. The molecule has 5 nitrogen and oxygen atoms in total. The quantitative estimate of drug-likeness (QED) is 0.755. The smallest absolute Gasteiger partial charge is 0.261 e. The normalized spacial score (nSPS) is 17.5. The molecule has 0 atom stereocenters. The van der Waals surface area contributed by atoms with E-state index in [9.17, 15) is 14.4 Å². The van der Waals surface area contributed by atoms with Crippen LogP contribution in [0.4, 0.5) is 0 Å². The summed E-state index contributed by atoms with van der Waals surface area (Å²) in [5.74, 6) is -0.349. The zero-order valence-corrected chi connectivity index (χ0v) is 14.2. The van der Waals surface area contributed by atoms with E-state index < -0.39 is 0 Å². The number of imide groups is 1. The van der Waals surface area contributed by atoms with Crippen molar-refractivity contribution in [2.24, 2.45) is 0 Å². The number of benzene rings is 1. The van der Waals surface area contributed by atoms with E-state index in [4.69, 9.17) is 0 Å². The number of rotatable bonds is 6. The second-order valence-electron chi connectivity index (χ2n) is 6.53. The van der Waals surface area contributed by atoms with Crippen molar-refractivity contribution in [3.05, 3.63) is 35.4 Å². The number of fused-ring (bicyclic) bond motifs is 1. The fraction of sp³-hybridized carbons (Fsp3) is 0.526. The molecule has 1 fully saturated rings. The largest absolute Gasteiger partial charge is 0.340 e. The summed E-state index contributed by atoms with van der Waals surface area (Å²) >= 11 is 0. The van der Waals surface area contributed by atoms with E-state index in [0.29, 0.717) is 36.6 Å². The Balaban J connectivity index is 1.54. The van der Waals surface area contributed by atoms with Crippen LogP contribution in [0.1, 0.15) is 66.2 Å². The van der Waals surface area contributed by atoms with Crippen LogP contribution in [0.25, 0.3) is 0 Å². The van der Waals surface area contributed by atoms with Crippen LogP contribution in [0.2, 0.25) is 0 Å². The van der Waals surface area contributed by atoms with E-state index in [-0.39, 0.29) is 17.7 Å². The van der Waals surface area contributed by atoms with Crippen molar-refractivity contribution in [2.75, 3.05) is 13.1 Å². The Morgan fingerprint density at radius 2 is 1.71 bits per heavy atom. The summed E-state index contributed by atoms with van der Waals surface area (Å²) in [6.45, 7) is 3.05. The van der Waals surface area contributed by atoms with Gasteiger partial charge in [-0.15, -0.1) is 0 Å². The molecule has 3 amide bonds. The van der Waals surface area contributed by atoms with Gasteiger partial charge < -0.3 is 4.90 Å². The van der Waals surface area contributed by atoms with Crippen molar-refractivity contribution in [3.63, 3.8) is 0 Å². The maximum Gasteiger partial charge on any atom is 0.261 e. The summed E-state index contributed by atoms with van der Waals surface area (Å²) in [4.78, 5) is 40.3. The van der Waals surface area contributed by atoms with Gasteiger partial charge in [0.05, 0.1) is 11.1 Å². The minimum atomic E-state index is -0.244. The van der Waals surface area contributed by atoms with E-state index in [1.165, 1.54) is 17.7 Å². The summed E-state index contributed by atoms with van der Waals surface area (Å²) in [5.41, 5.74) is 0.935. The van der Waals surface area contributed by atoms with Gasteiger partial charge in [-0.25, -0.2) is 0 Å². The lowest BCUT2D eigenvalue weighted by atomic mass is 10.1. The molecule has 3 rings (SSSR count). The lowest BCUT2D eigenvalue weighted by molar-refractivity contribution is -0.133. The van der Waals surface area contributed by atoms with Crippen LogP contribution >= 0.6 is 0 Å². The SMILES string of the molecule is CCN(C(=O)CCCN1C(=O)c2ccccc2C1=O)C1CCCC1. The van der Waals surface area contributed by atoms with Crippen LogP contribution in [-0.2, 0) is 4.79 Å². The van der Waals surface area contributed by atoms with Crippen LogP contribution in [0.3, 0.4) is 0 Å². The highest BCUT2D eigenvalue weighted by Crippen LogP contribution is 2.25. The molecule has 1 aliphatic heterocycles. The second kappa shape index (κ2) is 7.16. The Bertz CT molecular complexity index is 615. The Kier molecular flexibility index (Phi) is 4.97. The van der Waals surface area contributed by atoms with Gasteiger partial charge in [-0.1, -0.05) is 25.0 Å². The highest BCUT2D eigenvalue weighted by atomic mass is 16.2. The third kappa shape index (κ3) is 3.07. The molecule has 0 bridgehead atoms. The first-order valence-electron chi connectivity index (χ1n) is 8.88. The van der Waals surface area contributed by atoms with Crippen LogP contribution in [0, 0.1) is 0 Å². The molecule has 1 aliphatic carbocycles. The highest BCUT2D eigenvalue weighted by molar-refractivity contribution is 6.21. The molecule has 1 aromatic carbocycles.